The second kappa shape index (κ2) is 9.16. The predicted molar refractivity (Wildman–Crippen MR) is 134 cm³/mol. The average Bonchev–Trinajstić information content (AvgIpc) is 3.20. The van der Waals surface area contributed by atoms with Crippen LogP contribution in [0.25, 0.3) is 10.9 Å². The molecule has 0 saturated heterocycles. The van der Waals surface area contributed by atoms with Gasteiger partial charge in [0.2, 0.25) is 5.91 Å². The lowest BCUT2D eigenvalue weighted by Gasteiger charge is -2.44. The lowest BCUT2D eigenvalue weighted by atomic mass is 9.91. The summed E-state index contributed by atoms with van der Waals surface area (Å²) in [6, 6.07) is 17.4. The van der Waals surface area contributed by atoms with Crippen molar-refractivity contribution in [1.82, 2.24) is 9.88 Å². The number of fused-ring (bicyclic) bond motifs is 3. The van der Waals surface area contributed by atoms with Crippen molar-refractivity contribution in [1.29, 1.82) is 0 Å². The molecule has 0 spiro atoms. The molecule has 1 fully saturated rings. The summed E-state index contributed by atoms with van der Waals surface area (Å²) >= 11 is 0. The van der Waals surface area contributed by atoms with Crippen LogP contribution in [0.3, 0.4) is 0 Å². The normalized spacial score (nSPS) is 21.6. The van der Waals surface area contributed by atoms with Crippen molar-refractivity contribution in [2.45, 2.75) is 70.0 Å². The third-order valence-corrected chi connectivity index (χ3v) is 7.45. The van der Waals surface area contributed by atoms with Gasteiger partial charge in [-0.15, -0.1) is 0 Å². The Bertz CT molecular complexity index is 1190. The Morgan fingerprint density at radius 2 is 1.68 bits per heavy atom. The molecule has 1 saturated carbocycles. The predicted octanol–water partition coefficient (Wildman–Crippen LogP) is 5.30. The number of ether oxygens (including phenoxy) is 1. The molecule has 2 aromatic carbocycles. The first-order valence-electron chi connectivity index (χ1n) is 12.4. The number of methoxy groups -OCH3 is 1. The fourth-order valence-electron chi connectivity index (χ4n) is 5.52. The van der Waals surface area contributed by atoms with Crippen molar-refractivity contribution >= 4 is 28.4 Å². The van der Waals surface area contributed by atoms with E-state index in [1.165, 1.54) is 19.3 Å². The van der Waals surface area contributed by atoms with Gasteiger partial charge < -0.3 is 14.6 Å². The highest BCUT2D eigenvalue weighted by atomic mass is 16.5. The molecule has 3 aromatic rings. The molecule has 6 heteroatoms. The molecule has 6 nitrogen and oxygen atoms in total. The summed E-state index contributed by atoms with van der Waals surface area (Å²) in [5, 5.41) is 4.34. The van der Waals surface area contributed by atoms with Crippen LogP contribution in [0.2, 0.25) is 0 Å². The van der Waals surface area contributed by atoms with Crippen LogP contribution in [0.1, 0.15) is 62.4 Å². The monoisotopic (exact) mass is 459 g/mol. The Kier molecular flexibility index (Phi) is 6.07. The van der Waals surface area contributed by atoms with Crippen molar-refractivity contribution in [3.8, 4) is 5.75 Å². The van der Waals surface area contributed by atoms with Gasteiger partial charge in [-0.25, -0.2) is 0 Å². The summed E-state index contributed by atoms with van der Waals surface area (Å²) in [5.74, 6) is 0.455. The summed E-state index contributed by atoms with van der Waals surface area (Å²) in [5.41, 5.74) is 1.21. The first kappa shape index (κ1) is 22.5. The van der Waals surface area contributed by atoms with Gasteiger partial charge >= 0.3 is 0 Å². The number of benzene rings is 2. The Labute approximate surface area is 200 Å². The number of amides is 2. The van der Waals surface area contributed by atoms with Gasteiger partial charge in [0.05, 0.1) is 13.7 Å². The van der Waals surface area contributed by atoms with Crippen LogP contribution in [-0.4, -0.2) is 35.1 Å². The van der Waals surface area contributed by atoms with Gasteiger partial charge in [0.15, 0.2) is 0 Å². The topological polar surface area (TPSA) is 63.6 Å². The van der Waals surface area contributed by atoms with Gasteiger partial charge in [0.1, 0.15) is 17.0 Å². The molecule has 0 radical (unpaired) electrons. The number of para-hydroxylation sites is 1. The molecule has 2 amide bonds. The second-order valence-electron chi connectivity index (χ2n) is 9.80. The molecule has 178 valence electrons. The third kappa shape index (κ3) is 3.95. The van der Waals surface area contributed by atoms with E-state index in [1.54, 1.807) is 12.0 Å². The van der Waals surface area contributed by atoms with Crippen LogP contribution in [0.5, 0.6) is 5.75 Å². The van der Waals surface area contributed by atoms with Gasteiger partial charge in [0.25, 0.3) is 5.91 Å². The SMILES string of the molecule is COc1ccc(N2C(=O)c3cc4ccccc4n3CC2(C)C(=O)NC2CCCCCCC2)cc1. The second-order valence-corrected chi connectivity index (χ2v) is 9.80. The van der Waals surface area contributed by atoms with Crippen molar-refractivity contribution in [3.63, 3.8) is 0 Å². The first-order valence-corrected chi connectivity index (χ1v) is 12.4. The smallest absolute Gasteiger partial charge is 0.275 e. The number of nitrogens with zero attached hydrogens (tertiary/aromatic N) is 2. The average molecular weight is 460 g/mol. The van der Waals surface area contributed by atoms with E-state index in [4.69, 9.17) is 4.74 Å². The van der Waals surface area contributed by atoms with E-state index in [-0.39, 0.29) is 17.9 Å². The van der Waals surface area contributed by atoms with Crippen molar-refractivity contribution in [2.24, 2.45) is 0 Å². The quantitative estimate of drug-likeness (QED) is 0.576. The summed E-state index contributed by atoms with van der Waals surface area (Å²) in [7, 11) is 1.62. The molecule has 1 N–H and O–H groups in total. The van der Waals surface area contributed by atoms with Gasteiger partial charge in [0, 0.05) is 22.6 Å². The summed E-state index contributed by atoms with van der Waals surface area (Å²) in [6.07, 6.45) is 7.98. The molecule has 1 aliphatic carbocycles. The van der Waals surface area contributed by atoms with E-state index in [2.05, 4.69) is 5.32 Å². The van der Waals surface area contributed by atoms with Crippen LogP contribution in [0.15, 0.2) is 54.6 Å². The van der Waals surface area contributed by atoms with Crippen LogP contribution in [0, 0.1) is 0 Å². The number of hydrogen-bond donors (Lipinski definition) is 1. The molecule has 1 unspecified atom stereocenters. The molecule has 2 heterocycles. The number of hydrogen-bond acceptors (Lipinski definition) is 3. The minimum atomic E-state index is -1.07. The maximum Gasteiger partial charge on any atom is 0.275 e. The van der Waals surface area contributed by atoms with Crippen LogP contribution in [-0.2, 0) is 11.3 Å². The standard InChI is InChI=1S/C28H33N3O3/c1-28(27(33)29-21-11-6-4-3-5-7-12-21)19-30-24-13-9-8-10-20(24)18-25(30)26(32)31(28)22-14-16-23(34-2)17-15-22/h8-10,13-18,21H,3-7,11-12,19H2,1-2H3,(H,29,33). The van der Waals surface area contributed by atoms with E-state index in [0.29, 0.717) is 23.7 Å². The number of carbonyl (C=O) groups excluding carboxylic acids is 2. The summed E-state index contributed by atoms with van der Waals surface area (Å²) in [6.45, 7) is 2.29. The highest BCUT2D eigenvalue weighted by Gasteiger charge is 2.49. The van der Waals surface area contributed by atoms with E-state index in [1.807, 2.05) is 66.1 Å². The van der Waals surface area contributed by atoms with Gasteiger partial charge in [-0.1, -0.05) is 50.3 Å². The Balaban J connectivity index is 1.55. The van der Waals surface area contributed by atoms with E-state index < -0.39 is 5.54 Å². The zero-order valence-electron chi connectivity index (χ0n) is 20.0. The van der Waals surface area contributed by atoms with E-state index >= 15 is 0 Å². The van der Waals surface area contributed by atoms with Crippen molar-refractivity contribution in [3.05, 3.63) is 60.3 Å². The minimum Gasteiger partial charge on any atom is -0.497 e. The zero-order valence-corrected chi connectivity index (χ0v) is 20.0. The molecule has 1 aliphatic heterocycles. The highest BCUT2D eigenvalue weighted by Crippen LogP contribution is 2.36. The molecule has 1 atom stereocenters. The number of carbonyl (C=O) groups is 2. The highest BCUT2D eigenvalue weighted by molar-refractivity contribution is 6.14. The molecular weight excluding hydrogens is 426 g/mol. The lowest BCUT2D eigenvalue weighted by Crippen LogP contribution is -2.65. The fraction of sp³-hybridized carbons (Fsp3) is 0.429. The zero-order chi connectivity index (χ0) is 23.7. The maximum atomic E-state index is 14.0. The van der Waals surface area contributed by atoms with E-state index in [0.717, 1.165) is 36.6 Å². The van der Waals surface area contributed by atoms with Crippen LogP contribution >= 0.6 is 0 Å². The Morgan fingerprint density at radius 3 is 2.38 bits per heavy atom. The van der Waals surface area contributed by atoms with E-state index in [9.17, 15) is 9.59 Å². The first-order chi connectivity index (χ1) is 16.5. The third-order valence-electron chi connectivity index (χ3n) is 7.45. The number of anilines is 1. The van der Waals surface area contributed by atoms with Crippen molar-refractivity contribution < 1.29 is 14.3 Å². The molecular formula is C28H33N3O3. The largest absolute Gasteiger partial charge is 0.497 e. The van der Waals surface area contributed by atoms with Gasteiger partial charge in [-0.3, -0.25) is 14.5 Å². The van der Waals surface area contributed by atoms with Crippen LogP contribution < -0.4 is 15.0 Å². The Morgan fingerprint density at radius 1 is 1.00 bits per heavy atom. The minimum absolute atomic E-state index is 0.0920. The molecule has 34 heavy (non-hydrogen) atoms. The molecule has 5 rings (SSSR count). The Hall–Kier alpha value is -3.28. The maximum absolute atomic E-state index is 14.0. The summed E-state index contributed by atoms with van der Waals surface area (Å²) in [4.78, 5) is 29.6. The van der Waals surface area contributed by atoms with Crippen molar-refractivity contribution in [2.75, 3.05) is 12.0 Å². The molecule has 2 aliphatic rings. The molecule has 1 aromatic heterocycles. The molecule has 0 bridgehead atoms. The van der Waals surface area contributed by atoms with Gasteiger partial charge in [-0.2, -0.15) is 0 Å². The lowest BCUT2D eigenvalue weighted by molar-refractivity contribution is -0.127. The summed E-state index contributed by atoms with van der Waals surface area (Å²) < 4.78 is 7.32. The fourth-order valence-corrected chi connectivity index (χ4v) is 5.52. The number of aromatic nitrogens is 1. The number of nitrogens with one attached hydrogen (secondary N) is 1. The van der Waals surface area contributed by atoms with Crippen LogP contribution in [0.4, 0.5) is 5.69 Å². The number of rotatable bonds is 4. The van der Waals surface area contributed by atoms with Gasteiger partial charge in [-0.05, 0) is 56.2 Å².